The highest BCUT2D eigenvalue weighted by molar-refractivity contribution is 8.00. The molecule has 0 unspecified atom stereocenters. The van der Waals surface area contributed by atoms with Crippen molar-refractivity contribution in [1.82, 2.24) is 20.0 Å². The Balaban J connectivity index is 1.37. The number of rotatable bonds is 3. The molecular formula is C19H20ClN5OS. The molecule has 140 valence electrons. The number of nitrogens with zero attached hydrogens (tertiary/aromatic N) is 5. The summed E-state index contributed by atoms with van der Waals surface area (Å²) in [6, 6.07) is 8.67. The number of hydrazine groups is 1. The van der Waals surface area contributed by atoms with Gasteiger partial charge in [0, 0.05) is 18.3 Å². The quantitative estimate of drug-likeness (QED) is 0.582. The normalized spacial score (nSPS) is 20.3. The fourth-order valence-corrected chi connectivity index (χ4v) is 5.32. The fraction of sp³-hybridized carbons (Fsp3) is 0.421. The van der Waals surface area contributed by atoms with Gasteiger partial charge in [-0.1, -0.05) is 24.3 Å². The Morgan fingerprint density at radius 1 is 1.07 bits per heavy atom. The van der Waals surface area contributed by atoms with E-state index in [1.165, 1.54) is 11.1 Å². The van der Waals surface area contributed by atoms with E-state index in [2.05, 4.69) is 44.2 Å². The Hall–Kier alpha value is -1.67. The van der Waals surface area contributed by atoms with Crippen molar-refractivity contribution in [3.63, 3.8) is 0 Å². The van der Waals surface area contributed by atoms with E-state index in [0.717, 1.165) is 42.3 Å². The highest BCUT2D eigenvalue weighted by atomic mass is 35.5. The van der Waals surface area contributed by atoms with Crippen LogP contribution in [-0.4, -0.2) is 56.8 Å². The Bertz CT molecular complexity index is 861. The first-order chi connectivity index (χ1) is 13.3. The standard InChI is InChI=1S/C19H20ClN5OS/c20-19-23-17-16(11-25(19)24-5-7-26-8-6-24)21-12-22-18(17)27-15-9-13-3-1-2-4-14(13)10-15/h1-4,12,15H,5-11H2. The summed E-state index contributed by atoms with van der Waals surface area (Å²) in [6.45, 7) is 3.67. The van der Waals surface area contributed by atoms with E-state index in [9.17, 15) is 0 Å². The van der Waals surface area contributed by atoms with E-state index in [1.807, 2.05) is 5.01 Å². The van der Waals surface area contributed by atoms with Crippen molar-refractivity contribution in [2.75, 3.05) is 26.3 Å². The Kier molecular flexibility index (Phi) is 4.77. The van der Waals surface area contributed by atoms with Crippen molar-refractivity contribution in [3.8, 4) is 0 Å². The van der Waals surface area contributed by atoms with E-state index in [-0.39, 0.29) is 0 Å². The molecule has 0 radical (unpaired) electrons. The maximum atomic E-state index is 6.53. The molecule has 0 spiro atoms. The van der Waals surface area contributed by atoms with Gasteiger partial charge in [0.05, 0.1) is 25.5 Å². The minimum absolute atomic E-state index is 0.479. The average Bonchev–Trinajstić information content (AvgIpc) is 3.11. The van der Waals surface area contributed by atoms with Gasteiger partial charge in [0.15, 0.2) is 0 Å². The Morgan fingerprint density at radius 3 is 2.56 bits per heavy atom. The van der Waals surface area contributed by atoms with Crippen LogP contribution in [0.5, 0.6) is 0 Å². The molecule has 0 saturated carbocycles. The molecule has 2 aliphatic heterocycles. The van der Waals surface area contributed by atoms with E-state index in [0.29, 0.717) is 30.3 Å². The van der Waals surface area contributed by atoms with Crippen molar-refractivity contribution in [3.05, 3.63) is 47.4 Å². The van der Waals surface area contributed by atoms with E-state index >= 15 is 0 Å². The predicted octanol–water partition coefficient (Wildman–Crippen LogP) is 3.03. The Labute approximate surface area is 167 Å². The molecule has 8 heteroatoms. The van der Waals surface area contributed by atoms with Crippen LogP contribution in [0.25, 0.3) is 0 Å². The molecule has 1 aromatic carbocycles. The van der Waals surface area contributed by atoms with Gasteiger partial charge in [0.2, 0.25) is 5.29 Å². The summed E-state index contributed by atoms with van der Waals surface area (Å²) in [5.74, 6) is 0. The zero-order valence-corrected chi connectivity index (χ0v) is 16.4. The number of thioether (sulfide) groups is 1. The summed E-state index contributed by atoms with van der Waals surface area (Å²) in [6.07, 6.45) is 3.78. The lowest BCUT2D eigenvalue weighted by Crippen LogP contribution is -2.50. The highest BCUT2D eigenvalue weighted by Crippen LogP contribution is 2.40. The first kappa shape index (κ1) is 17.4. The monoisotopic (exact) mass is 401 g/mol. The maximum absolute atomic E-state index is 6.53. The van der Waals surface area contributed by atoms with E-state index in [1.54, 1.807) is 18.1 Å². The van der Waals surface area contributed by atoms with Crippen LogP contribution in [0.15, 0.2) is 40.6 Å². The summed E-state index contributed by atoms with van der Waals surface area (Å²) in [5.41, 5.74) is 4.64. The minimum Gasteiger partial charge on any atom is -0.379 e. The van der Waals surface area contributed by atoms with E-state index < -0.39 is 0 Å². The number of fused-ring (bicyclic) bond motifs is 2. The zero-order valence-electron chi connectivity index (χ0n) is 14.8. The van der Waals surface area contributed by atoms with Gasteiger partial charge < -0.3 is 4.74 Å². The van der Waals surface area contributed by atoms with Crippen LogP contribution in [0, 0.1) is 0 Å². The number of morpholine rings is 1. The minimum atomic E-state index is 0.479. The number of hydrogen-bond donors (Lipinski definition) is 0. The molecule has 3 aliphatic rings. The molecule has 1 aliphatic carbocycles. The van der Waals surface area contributed by atoms with Gasteiger partial charge in [0.1, 0.15) is 17.0 Å². The molecule has 0 N–H and O–H groups in total. The van der Waals surface area contributed by atoms with E-state index in [4.69, 9.17) is 16.3 Å². The van der Waals surface area contributed by atoms with Gasteiger partial charge >= 0.3 is 0 Å². The number of amidine groups is 1. The summed E-state index contributed by atoms with van der Waals surface area (Å²) in [4.78, 5) is 13.7. The molecule has 0 atom stereocenters. The van der Waals surface area contributed by atoms with Crippen LogP contribution in [0.1, 0.15) is 16.8 Å². The number of aromatic nitrogens is 2. The van der Waals surface area contributed by atoms with Crippen molar-refractivity contribution < 1.29 is 4.74 Å². The first-order valence-corrected chi connectivity index (χ1v) is 10.5. The molecule has 1 fully saturated rings. The molecule has 27 heavy (non-hydrogen) atoms. The molecule has 1 saturated heterocycles. The molecule has 1 aromatic heterocycles. The van der Waals surface area contributed by atoms with Crippen LogP contribution in [0.4, 0.5) is 5.69 Å². The van der Waals surface area contributed by atoms with Crippen molar-refractivity contribution in [2.24, 2.45) is 4.99 Å². The van der Waals surface area contributed by atoms with Gasteiger partial charge in [-0.05, 0) is 35.6 Å². The van der Waals surface area contributed by atoms with Crippen LogP contribution in [0.2, 0.25) is 0 Å². The number of benzene rings is 1. The molecular weight excluding hydrogens is 382 g/mol. The molecule has 6 nitrogen and oxygen atoms in total. The summed E-state index contributed by atoms with van der Waals surface area (Å²) in [7, 11) is 0. The second-order valence-corrected chi connectivity index (χ2v) is 8.52. The lowest BCUT2D eigenvalue weighted by atomic mass is 10.1. The lowest BCUT2D eigenvalue weighted by molar-refractivity contribution is -0.0537. The van der Waals surface area contributed by atoms with Crippen molar-refractivity contribution in [2.45, 2.75) is 29.7 Å². The molecule has 0 bridgehead atoms. The topological polar surface area (TPSA) is 53.9 Å². The third-order valence-corrected chi connectivity index (χ3v) is 6.67. The number of hydrogen-bond acceptors (Lipinski definition) is 7. The molecule has 3 heterocycles. The molecule has 0 amide bonds. The Morgan fingerprint density at radius 2 is 1.81 bits per heavy atom. The predicted molar refractivity (Wildman–Crippen MR) is 106 cm³/mol. The smallest absolute Gasteiger partial charge is 0.214 e. The first-order valence-electron chi connectivity index (χ1n) is 9.19. The van der Waals surface area contributed by atoms with Crippen molar-refractivity contribution in [1.29, 1.82) is 0 Å². The summed E-state index contributed by atoms with van der Waals surface area (Å²) >= 11 is 8.33. The third-order valence-electron chi connectivity index (χ3n) is 5.20. The number of halogens is 1. The summed E-state index contributed by atoms with van der Waals surface area (Å²) < 4.78 is 5.44. The van der Waals surface area contributed by atoms with Gasteiger partial charge in [-0.25, -0.2) is 20.0 Å². The fourth-order valence-electron chi connectivity index (χ4n) is 3.84. The third kappa shape index (κ3) is 3.45. The molecule has 5 rings (SSSR count). The second-order valence-electron chi connectivity index (χ2n) is 6.90. The lowest BCUT2D eigenvalue weighted by Gasteiger charge is -2.38. The zero-order chi connectivity index (χ0) is 18.2. The largest absolute Gasteiger partial charge is 0.379 e. The van der Waals surface area contributed by atoms with Gasteiger partial charge in [0.25, 0.3) is 0 Å². The van der Waals surface area contributed by atoms with Crippen LogP contribution >= 0.6 is 23.4 Å². The van der Waals surface area contributed by atoms with Crippen molar-refractivity contribution >= 4 is 34.3 Å². The van der Waals surface area contributed by atoms with Gasteiger partial charge in [-0.15, -0.1) is 11.8 Å². The van der Waals surface area contributed by atoms with Crippen LogP contribution in [-0.2, 0) is 24.1 Å². The SMILES string of the molecule is ClC1=Nc2c(ncnc2SC2Cc3ccccc3C2)CN1N1CCOCC1. The maximum Gasteiger partial charge on any atom is 0.214 e. The van der Waals surface area contributed by atoms with Crippen LogP contribution in [0.3, 0.4) is 0 Å². The number of ether oxygens (including phenoxy) is 1. The number of aliphatic imine (C=N–C) groups is 1. The van der Waals surface area contributed by atoms with Gasteiger partial charge in [-0.3, -0.25) is 5.01 Å². The highest BCUT2D eigenvalue weighted by Gasteiger charge is 2.30. The van der Waals surface area contributed by atoms with Gasteiger partial charge in [-0.2, -0.15) is 0 Å². The summed E-state index contributed by atoms with van der Waals surface area (Å²) in [5, 5.41) is 6.07. The average molecular weight is 402 g/mol. The van der Waals surface area contributed by atoms with Crippen LogP contribution < -0.4 is 0 Å². The second kappa shape index (κ2) is 7.39. The molecule has 2 aromatic rings.